The van der Waals surface area contributed by atoms with Crippen LogP contribution in [-0.2, 0) is 0 Å². The van der Waals surface area contributed by atoms with Crippen LogP contribution in [-0.4, -0.2) is 57.6 Å². The van der Waals surface area contributed by atoms with Gasteiger partial charge in [-0.3, -0.25) is 9.59 Å². The van der Waals surface area contributed by atoms with Crippen LogP contribution in [0.15, 0.2) is 76.7 Å². The fraction of sp³-hybridized carbons (Fsp3) is 0.174. The van der Waals surface area contributed by atoms with E-state index in [0.29, 0.717) is 43.3 Å². The van der Waals surface area contributed by atoms with Crippen molar-refractivity contribution in [2.75, 3.05) is 26.2 Å². The van der Waals surface area contributed by atoms with Gasteiger partial charge in [0.15, 0.2) is 5.76 Å². The molecular weight excluding hydrogens is 412 g/mol. The first kappa shape index (κ1) is 19.3. The van der Waals surface area contributed by atoms with Crippen molar-refractivity contribution in [3.05, 3.63) is 82.9 Å². The molecule has 5 rings (SSSR count). The summed E-state index contributed by atoms with van der Waals surface area (Å²) < 4.78 is 7.14. The number of hydrogen-bond donors (Lipinski definition) is 0. The topological polar surface area (TPSA) is 71.6 Å². The summed E-state index contributed by atoms with van der Waals surface area (Å²) in [6.07, 6.45) is 1.59. The normalized spacial score (nSPS) is 14.1. The zero-order valence-corrected chi connectivity index (χ0v) is 17.5. The summed E-state index contributed by atoms with van der Waals surface area (Å²) in [5.41, 5.74) is 1.87. The number of benzene rings is 1. The molecule has 1 aromatic carbocycles. The summed E-state index contributed by atoms with van der Waals surface area (Å²) in [4.78, 5) is 30.3. The molecule has 0 bridgehead atoms. The van der Waals surface area contributed by atoms with Gasteiger partial charge in [-0.05, 0) is 35.7 Å². The lowest BCUT2D eigenvalue weighted by atomic mass is 10.2. The summed E-state index contributed by atoms with van der Waals surface area (Å²) in [6.45, 7) is 1.97. The molecule has 0 unspecified atom stereocenters. The molecule has 3 aromatic heterocycles. The molecule has 0 radical (unpaired) electrons. The van der Waals surface area contributed by atoms with E-state index in [2.05, 4.69) is 5.10 Å². The van der Waals surface area contributed by atoms with Crippen molar-refractivity contribution in [2.45, 2.75) is 0 Å². The molecule has 0 N–H and O–H groups in total. The van der Waals surface area contributed by atoms with Crippen LogP contribution in [0.4, 0.5) is 0 Å². The average Bonchev–Trinajstić information content (AvgIpc) is 3.60. The predicted octanol–water partition coefficient (Wildman–Crippen LogP) is 3.79. The predicted molar refractivity (Wildman–Crippen MR) is 117 cm³/mol. The molecule has 31 heavy (non-hydrogen) atoms. The van der Waals surface area contributed by atoms with E-state index < -0.39 is 0 Å². The van der Waals surface area contributed by atoms with Crippen molar-refractivity contribution in [1.29, 1.82) is 0 Å². The lowest BCUT2D eigenvalue weighted by molar-refractivity contribution is 0.0533. The fourth-order valence-electron chi connectivity index (χ4n) is 3.67. The maximum absolute atomic E-state index is 13.4. The van der Waals surface area contributed by atoms with E-state index in [1.54, 1.807) is 32.9 Å². The molecule has 0 atom stereocenters. The number of amides is 2. The highest BCUT2D eigenvalue weighted by molar-refractivity contribution is 7.12. The quantitative estimate of drug-likeness (QED) is 0.492. The summed E-state index contributed by atoms with van der Waals surface area (Å²) in [7, 11) is 0. The van der Waals surface area contributed by atoms with Crippen molar-refractivity contribution in [2.24, 2.45) is 0 Å². The second-order valence-corrected chi connectivity index (χ2v) is 8.15. The zero-order chi connectivity index (χ0) is 21.2. The lowest BCUT2D eigenvalue weighted by Crippen LogP contribution is -2.50. The van der Waals surface area contributed by atoms with E-state index >= 15 is 0 Å². The highest BCUT2D eigenvalue weighted by Crippen LogP contribution is 2.24. The third kappa shape index (κ3) is 3.77. The van der Waals surface area contributed by atoms with Crippen LogP contribution in [0, 0.1) is 0 Å². The van der Waals surface area contributed by atoms with Gasteiger partial charge in [-0.1, -0.05) is 24.3 Å². The first-order chi connectivity index (χ1) is 15.2. The molecule has 7 nitrogen and oxygen atoms in total. The van der Waals surface area contributed by atoms with Crippen LogP contribution >= 0.6 is 11.3 Å². The molecular formula is C23H20N4O3S. The van der Waals surface area contributed by atoms with E-state index in [4.69, 9.17) is 4.42 Å². The molecule has 1 aliphatic heterocycles. The Bertz CT molecular complexity index is 1180. The van der Waals surface area contributed by atoms with E-state index in [9.17, 15) is 9.59 Å². The van der Waals surface area contributed by atoms with Crippen LogP contribution in [0.2, 0.25) is 0 Å². The smallest absolute Gasteiger partial charge is 0.272 e. The number of carbonyl (C=O) groups excluding carboxylic acids is 2. The molecule has 2 amide bonds. The number of para-hydroxylation sites is 1. The fourth-order valence-corrected chi connectivity index (χ4v) is 4.37. The van der Waals surface area contributed by atoms with Gasteiger partial charge in [0.1, 0.15) is 11.4 Å². The number of rotatable bonds is 4. The summed E-state index contributed by atoms with van der Waals surface area (Å²) in [5.74, 6) is 0.518. The zero-order valence-electron chi connectivity index (χ0n) is 16.7. The molecule has 0 saturated carbocycles. The van der Waals surface area contributed by atoms with Gasteiger partial charge in [-0.2, -0.15) is 5.10 Å². The van der Waals surface area contributed by atoms with Crippen molar-refractivity contribution < 1.29 is 14.0 Å². The van der Waals surface area contributed by atoms with Crippen LogP contribution in [0.1, 0.15) is 20.2 Å². The number of piperazine rings is 1. The number of nitrogens with zero attached hydrogens (tertiary/aromatic N) is 4. The average molecular weight is 433 g/mol. The molecule has 1 aliphatic rings. The first-order valence-corrected chi connectivity index (χ1v) is 10.9. The minimum absolute atomic E-state index is 0.0246. The Morgan fingerprint density at radius 2 is 1.61 bits per heavy atom. The first-order valence-electron chi connectivity index (χ1n) is 10.0. The highest BCUT2D eigenvalue weighted by atomic mass is 32.1. The number of aromatic nitrogens is 2. The van der Waals surface area contributed by atoms with Gasteiger partial charge in [-0.25, -0.2) is 4.68 Å². The Morgan fingerprint density at radius 1 is 0.871 bits per heavy atom. The lowest BCUT2D eigenvalue weighted by Gasteiger charge is -2.34. The maximum atomic E-state index is 13.4. The minimum Gasteiger partial charge on any atom is -0.463 e. The van der Waals surface area contributed by atoms with Gasteiger partial charge in [0.05, 0.1) is 16.8 Å². The van der Waals surface area contributed by atoms with Gasteiger partial charge in [0, 0.05) is 32.2 Å². The van der Waals surface area contributed by atoms with Crippen LogP contribution in [0.5, 0.6) is 0 Å². The van der Waals surface area contributed by atoms with Crippen LogP contribution in [0.3, 0.4) is 0 Å². The number of furan rings is 1. The molecule has 8 heteroatoms. The largest absolute Gasteiger partial charge is 0.463 e. The van der Waals surface area contributed by atoms with E-state index in [1.807, 2.05) is 53.9 Å². The molecule has 0 spiro atoms. The van der Waals surface area contributed by atoms with Crippen molar-refractivity contribution in [3.63, 3.8) is 0 Å². The molecule has 4 aromatic rings. The van der Waals surface area contributed by atoms with E-state index in [1.165, 1.54) is 11.3 Å². The third-order valence-corrected chi connectivity index (χ3v) is 6.15. The van der Waals surface area contributed by atoms with Gasteiger partial charge in [-0.15, -0.1) is 11.3 Å². The van der Waals surface area contributed by atoms with Gasteiger partial charge >= 0.3 is 0 Å². The van der Waals surface area contributed by atoms with Crippen molar-refractivity contribution >= 4 is 23.2 Å². The maximum Gasteiger partial charge on any atom is 0.272 e. The standard InChI is InChI=1S/C23H20N4O3S/c28-22(25-10-12-26(13-11-25)23(29)21-9-5-15-31-21)19-16-18(20-8-4-14-30-20)24-27(19)17-6-2-1-3-7-17/h1-9,14-16H,10-13H2. The van der Waals surface area contributed by atoms with Gasteiger partial charge in [0.25, 0.3) is 11.8 Å². The van der Waals surface area contributed by atoms with Crippen molar-refractivity contribution in [1.82, 2.24) is 19.6 Å². The monoisotopic (exact) mass is 432 g/mol. The minimum atomic E-state index is -0.114. The Labute approximate surface area is 183 Å². The molecule has 0 aliphatic carbocycles. The molecule has 1 saturated heterocycles. The van der Waals surface area contributed by atoms with Gasteiger partial charge < -0.3 is 14.2 Å². The highest BCUT2D eigenvalue weighted by Gasteiger charge is 2.28. The Morgan fingerprint density at radius 3 is 2.26 bits per heavy atom. The van der Waals surface area contributed by atoms with Crippen LogP contribution in [0.25, 0.3) is 17.1 Å². The van der Waals surface area contributed by atoms with Crippen LogP contribution < -0.4 is 0 Å². The van der Waals surface area contributed by atoms with E-state index in [0.717, 1.165) is 10.6 Å². The van der Waals surface area contributed by atoms with Gasteiger partial charge in [0.2, 0.25) is 0 Å². The van der Waals surface area contributed by atoms with E-state index in [-0.39, 0.29) is 11.8 Å². The second kappa shape index (κ2) is 8.23. The number of thiophene rings is 1. The Balaban J connectivity index is 1.38. The molecule has 156 valence electrons. The number of carbonyl (C=O) groups is 2. The molecule has 1 fully saturated rings. The number of hydrogen-bond acceptors (Lipinski definition) is 5. The summed E-state index contributed by atoms with van der Waals surface area (Å²) >= 11 is 1.44. The Kier molecular flexibility index (Phi) is 5.13. The SMILES string of the molecule is O=C(c1cccs1)N1CCN(C(=O)c2cc(-c3ccco3)nn2-c2ccccc2)CC1. The summed E-state index contributed by atoms with van der Waals surface area (Å²) in [5, 5.41) is 6.53. The second-order valence-electron chi connectivity index (χ2n) is 7.20. The van der Waals surface area contributed by atoms with Crippen molar-refractivity contribution in [3.8, 4) is 17.1 Å². The Hall–Kier alpha value is -3.65. The molecule has 4 heterocycles. The third-order valence-electron chi connectivity index (χ3n) is 5.29. The summed E-state index contributed by atoms with van der Waals surface area (Å²) in [6, 6.07) is 18.6.